The molecule has 0 aliphatic heterocycles. The van der Waals surface area contributed by atoms with E-state index in [4.69, 9.17) is 9.97 Å². The topological polar surface area (TPSA) is 46.1 Å². The predicted molar refractivity (Wildman–Crippen MR) is 122 cm³/mol. The highest BCUT2D eigenvalue weighted by atomic mass is 32.2. The Morgan fingerprint density at radius 3 is 2.69 bits per heavy atom. The molecule has 0 atom stereocenters. The summed E-state index contributed by atoms with van der Waals surface area (Å²) >= 11 is 3.14. The number of hydrogen-bond donors (Lipinski definition) is 0. The van der Waals surface area contributed by atoms with Crippen LogP contribution in [0.5, 0.6) is 0 Å². The number of benzene rings is 2. The second-order valence-corrected chi connectivity index (χ2v) is 8.73. The number of aromatic nitrogens is 2. The van der Waals surface area contributed by atoms with Gasteiger partial charge in [-0.05, 0) is 37.6 Å². The lowest BCUT2D eigenvalue weighted by molar-refractivity contribution is -0.115. The summed E-state index contributed by atoms with van der Waals surface area (Å²) in [6, 6.07) is 18.3. The van der Waals surface area contributed by atoms with Crippen LogP contribution in [0.2, 0.25) is 0 Å². The summed E-state index contributed by atoms with van der Waals surface area (Å²) in [5.74, 6) is 0.669. The third-order valence-corrected chi connectivity index (χ3v) is 6.42. The van der Waals surface area contributed by atoms with Crippen molar-refractivity contribution in [1.82, 2.24) is 9.97 Å². The van der Waals surface area contributed by atoms with Crippen LogP contribution in [0.25, 0.3) is 10.9 Å². The Balaban J connectivity index is 1.53. The molecule has 146 valence electrons. The molecule has 0 spiro atoms. The van der Waals surface area contributed by atoms with Crippen molar-refractivity contribution in [1.29, 1.82) is 0 Å². The van der Waals surface area contributed by atoms with Crippen molar-refractivity contribution in [3.63, 3.8) is 0 Å². The monoisotopic (exact) mass is 419 g/mol. The minimum absolute atomic E-state index is 0.0401. The average molecular weight is 420 g/mol. The molecule has 1 amide bonds. The van der Waals surface area contributed by atoms with E-state index in [2.05, 4.69) is 25.1 Å². The molecule has 2 heterocycles. The molecule has 4 nitrogen and oxygen atoms in total. The fourth-order valence-electron chi connectivity index (χ4n) is 3.20. The van der Waals surface area contributed by atoms with Crippen LogP contribution in [0.4, 0.5) is 10.8 Å². The summed E-state index contributed by atoms with van der Waals surface area (Å²) in [6.45, 7) is 5.65. The van der Waals surface area contributed by atoms with Crippen LogP contribution in [-0.4, -0.2) is 15.9 Å². The Kier molecular flexibility index (Phi) is 5.65. The van der Waals surface area contributed by atoms with Crippen molar-refractivity contribution in [2.75, 3.05) is 4.90 Å². The van der Waals surface area contributed by atoms with Crippen LogP contribution in [0.1, 0.15) is 23.7 Å². The number of thioether (sulfide) groups is 1. The minimum atomic E-state index is -0.0401. The summed E-state index contributed by atoms with van der Waals surface area (Å²) in [7, 11) is 0. The third kappa shape index (κ3) is 4.33. The van der Waals surface area contributed by atoms with Crippen molar-refractivity contribution >= 4 is 50.7 Å². The van der Waals surface area contributed by atoms with Gasteiger partial charge in [-0.3, -0.25) is 9.69 Å². The third-order valence-electron chi connectivity index (χ3n) is 4.58. The molecule has 0 saturated carbocycles. The van der Waals surface area contributed by atoms with Gasteiger partial charge in [-0.25, -0.2) is 9.97 Å². The first-order chi connectivity index (χ1) is 14.0. The van der Waals surface area contributed by atoms with Crippen LogP contribution < -0.4 is 4.90 Å². The number of carbonyl (C=O) groups is 1. The van der Waals surface area contributed by atoms with E-state index < -0.39 is 0 Å². The lowest BCUT2D eigenvalue weighted by Gasteiger charge is -2.20. The number of aryl methyl sites for hydroxylation is 2. The fourth-order valence-corrected chi connectivity index (χ4v) is 4.96. The van der Waals surface area contributed by atoms with Crippen LogP contribution in [0.15, 0.2) is 65.0 Å². The van der Waals surface area contributed by atoms with E-state index in [1.165, 1.54) is 16.9 Å². The Labute approximate surface area is 178 Å². The molecule has 0 fully saturated rings. The van der Waals surface area contributed by atoms with Gasteiger partial charge in [0.15, 0.2) is 5.13 Å². The largest absolute Gasteiger partial charge is 0.274 e. The molecule has 2 aromatic heterocycles. The zero-order valence-corrected chi connectivity index (χ0v) is 18.2. The average Bonchev–Trinajstić information content (AvgIpc) is 3.16. The van der Waals surface area contributed by atoms with Gasteiger partial charge in [0.25, 0.3) is 0 Å². The number of thiazole rings is 1. The second kappa shape index (κ2) is 8.35. The standard InChI is InChI=1S/C23H21N3OS2/c1-15-8-10-21(16(2)12-15)26(17(3)27)23-24-19(14-29-23)13-28-22-11-9-18-6-4-5-7-20(18)25-22/h4-12,14H,13H2,1-3H3. The Hall–Kier alpha value is -2.70. The predicted octanol–water partition coefficient (Wildman–Crippen LogP) is 6.29. The Morgan fingerprint density at radius 1 is 1.07 bits per heavy atom. The highest BCUT2D eigenvalue weighted by Crippen LogP contribution is 2.33. The number of pyridine rings is 1. The maximum atomic E-state index is 12.4. The first kappa shape index (κ1) is 19.6. The molecule has 4 rings (SSSR count). The van der Waals surface area contributed by atoms with E-state index in [1.807, 2.05) is 48.7 Å². The number of carbonyl (C=O) groups excluding carboxylic acids is 1. The van der Waals surface area contributed by atoms with Gasteiger partial charge in [-0.2, -0.15) is 0 Å². The summed E-state index contributed by atoms with van der Waals surface area (Å²) < 4.78 is 0. The zero-order chi connectivity index (χ0) is 20.4. The number of anilines is 2. The molecule has 0 N–H and O–H groups in total. The first-order valence-corrected chi connectivity index (χ1v) is 11.2. The van der Waals surface area contributed by atoms with Crippen LogP contribution in [0.3, 0.4) is 0 Å². The van der Waals surface area contributed by atoms with Crippen molar-refractivity contribution in [3.05, 3.63) is 76.8 Å². The normalized spacial score (nSPS) is 11.0. The van der Waals surface area contributed by atoms with Gasteiger partial charge >= 0.3 is 0 Å². The summed E-state index contributed by atoms with van der Waals surface area (Å²) in [4.78, 5) is 23.5. The molecule has 0 bridgehead atoms. The van der Waals surface area contributed by atoms with Gasteiger partial charge in [-0.1, -0.05) is 53.7 Å². The van der Waals surface area contributed by atoms with Gasteiger partial charge in [-0.15, -0.1) is 11.3 Å². The van der Waals surface area contributed by atoms with Gasteiger partial charge in [0, 0.05) is 23.4 Å². The van der Waals surface area contributed by atoms with Crippen LogP contribution in [0, 0.1) is 13.8 Å². The van der Waals surface area contributed by atoms with Crippen molar-refractivity contribution in [2.24, 2.45) is 0 Å². The lowest BCUT2D eigenvalue weighted by atomic mass is 10.1. The van der Waals surface area contributed by atoms with Crippen LogP contribution in [-0.2, 0) is 10.5 Å². The van der Waals surface area contributed by atoms with Crippen LogP contribution >= 0.6 is 23.1 Å². The molecule has 0 saturated heterocycles. The van der Waals surface area contributed by atoms with E-state index in [0.717, 1.165) is 32.9 Å². The molecule has 0 aliphatic carbocycles. The smallest absolute Gasteiger partial charge is 0.230 e. The second-order valence-electron chi connectivity index (χ2n) is 6.90. The lowest BCUT2D eigenvalue weighted by Crippen LogP contribution is -2.23. The van der Waals surface area contributed by atoms with E-state index in [1.54, 1.807) is 23.6 Å². The summed E-state index contributed by atoms with van der Waals surface area (Å²) in [5, 5.41) is 4.82. The van der Waals surface area contributed by atoms with Gasteiger partial charge in [0.2, 0.25) is 5.91 Å². The SMILES string of the molecule is CC(=O)N(c1nc(CSc2ccc3ccccc3n2)cs1)c1ccc(C)cc1C. The molecule has 29 heavy (non-hydrogen) atoms. The number of amides is 1. The zero-order valence-electron chi connectivity index (χ0n) is 16.5. The molecule has 0 unspecified atom stereocenters. The number of nitrogens with zero attached hydrogens (tertiary/aromatic N) is 3. The maximum Gasteiger partial charge on any atom is 0.230 e. The van der Waals surface area contributed by atoms with E-state index in [9.17, 15) is 4.79 Å². The molecule has 6 heteroatoms. The van der Waals surface area contributed by atoms with Gasteiger partial charge < -0.3 is 0 Å². The minimum Gasteiger partial charge on any atom is -0.274 e. The highest BCUT2D eigenvalue weighted by Gasteiger charge is 2.19. The number of hydrogen-bond acceptors (Lipinski definition) is 5. The molecule has 4 aromatic rings. The number of para-hydroxylation sites is 1. The van der Waals surface area contributed by atoms with Gasteiger partial charge in [0.1, 0.15) is 0 Å². The Bertz CT molecular complexity index is 1190. The van der Waals surface area contributed by atoms with Crippen molar-refractivity contribution in [2.45, 2.75) is 31.6 Å². The van der Waals surface area contributed by atoms with Crippen molar-refractivity contribution in [3.8, 4) is 0 Å². The highest BCUT2D eigenvalue weighted by molar-refractivity contribution is 7.98. The van der Waals surface area contributed by atoms with E-state index in [0.29, 0.717) is 10.9 Å². The molecule has 0 radical (unpaired) electrons. The number of fused-ring (bicyclic) bond motifs is 1. The summed E-state index contributed by atoms with van der Waals surface area (Å²) in [5.41, 5.74) is 5.06. The number of rotatable bonds is 5. The first-order valence-electron chi connectivity index (χ1n) is 9.32. The van der Waals surface area contributed by atoms with E-state index in [-0.39, 0.29) is 5.91 Å². The van der Waals surface area contributed by atoms with Gasteiger partial charge in [0.05, 0.1) is 21.9 Å². The maximum absolute atomic E-state index is 12.4. The quantitative estimate of drug-likeness (QED) is 0.357. The van der Waals surface area contributed by atoms with E-state index >= 15 is 0 Å². The molecule has 2 aromatic carbocycles. The van der Waals surface area contributed by atoms with Crippen molar-refractivity contribution < 1.29 is 4.79 Å². The molecule has 0 aliphatic rings. The molecular weight excluding hydrogens is 398 g/mol. The Morgan fingerprint density at radius 2 is 1.90 bits per heavy atom. The fraction of sp³-hybridized carbons (Fsp3) is 0.174. The molecular formula is C23H21N3OS2. The summed E-state index contributed by atoms with van der Waals surface area (Å²) in [6.07, 6.45) is 0.